The summed E-state index contributed by atoms with van der Waals surface area (Å²) in [5.41, 5.74) is 9.66. The molecule has 5 atom stereocenters. The van der Waals surface area contributed by atoms with E-state index < -0.39 is 30.4 Å². The van der Waals surface area contributed by atoms with Gasteiger partial charge in [0.2, 0.25) is 11.8 Å². The second-order valence-electron chi connectivity index (χ2n) is 19.3. The van der Waals surface area contributed by atoms with Gasteiger partial charge in [0.15, 0.2) is 23.0 Å². The molecule has 5 aromatic rings. The maximum atomic E-state index is 13.8. The van der Waals surface area contributed by atoms with E-state index in [0.717, 1.165) is 114 Å². The summed E-state index contributed by atoms with van der Waals surface area (Å²) in [4.78, 5) is 72.2. The average Bonchev–Trinajstić information content (AvgIpc) is 4.19. The van der Waals surface area contributed by atoms with Crippen LogP contribution in [0, 0.1) is 17.3 Å². The summed E-state index contributed by atoms with van der Waals surface area (Å²) >= 11 is 1.52. The Balaban J connectivity index is 0.980. The van der Waals surface area contributed by atoms with Gasteiger partial charge in [-0.3, -0.25) is 9.59 Å². The SMILES string of the molecule is COC(=O)N[C@H](C(=O)N1CCC[C@H]1c1nc2ccc(-c3ccc(-c4ccc(-c5cnc([C@@H]6CCCN6C(=O)[C@@H](NC(=O)OI)C(C)C)[nH]5)cc4)c4c3CC3(CCCC3)C4O)cc2[nH]1)C(C)C. The second kappa shape index (κ2) is 18.7. The number of nitrogens with zero attached hydrogens (tertiary/aromatic N) is 4. The van der Waals surface area contributed by atoms with Gasteiger partial charge >= 0.3 is 12.2 Å². The van der Waals surface area contributed by atoms with E-state index in [1.165, 1.54) is 35.7 Å². The predicted molar refractivity (Wildman–Crippen MR) is 258 cm³/mol. The number of aromatic nitrogens is 4. The van der Waals surface area contributed by atoms with E-state index in [0.29, 0.717) is 18.9 Å². The number of aromatic amines is 2. The fourth-order valence-electron chi connectivity index (χ4n) is 11.2. The van der Waals surface area contributed by atoms with Crippen LogP contribution in [0.2, 0.25) is 0 Å². The molecule has 1 saturated carbocycles. The van der Waals surface area contributed by atoms with Crippen molar-refractivity contribution in [3.05, 3.63) is 83.6 Å². The lowest BCUT2D eigenvalue weighted by Crippen LogP contribution is -2.51. The number of rotatable bonds is 11. The monoisotopic (exact) mass is 1010 g/mol. The highest BCUT2D eigenvalue weighted by molar-refractivity contribution is 14.1. The van der Waals surface area contributed by atoms with Gasteiger partial charge in [-0.25, -0.2) is 19.6 Å². The molecule has 2 aromatic heterocycles. The van der Waals surface area contributed by atoms with E-state index >= 15 is 0 Å². The maximum Gasteiger partial charge on any atom is 0.417 e. The molecule has 66 heavy (non-hydrogen) atoms. The Morgan fingerprint density at radius 3 is 1.98 bits per heavy atom. The normalized spacial score (nSPS) is 20.9. The van der Waals surface area contributed by atoms with Crippen LogP contribution in [-0.4, -0.2) is 91.1 Å². The van der Waals surface area contributed by atoms with Gasteiger partial charge in [0.05, 0.1) is 48.2 Å². The first-order valence-corrected chi connectivity index (χ1v) is 24.2. The Labute approximate surface area is 398 Å². The molecule has 4 heterocycles. The van der Waals surface area contributed by atoms with E-state index in [9.17, 15) is 24.3 Å². The molecule has 348 valence electrons. The van der Waals surface area contributed by atoms with Crippen LogP contribution in [-0.2, 0) is 23.8 Å². The van der Waals surface area contributed by atoms with E-state index in [2.05, 4.69) is 69.1 Å². The number of ether oxygens (including phenoxy) is 1. The number of aliphatic hydroxyl groups excluding tert-OH is 1. The molecule has 2 aliphatic heterocycles. The largest absolute Gasteiger partial charge is 0.453 e. The topological polar surface area (TPSA) is 195 Å². The van der Waals surface area contributed by atoms with Crippen molar-refractivity contribution in [2.45, 2.75) is 116 Å². The molecular weight excluding hydrogens is 952 g/mol. The van der Waals surface area contributed by atoms with Gasteiger partial charge in [-0.05, 0) is 108 Å². The molecule has 2 saturated heterocycles. The number of benzene rings is 3. The predicted octanol–water partition coefficient (Wildman–Crippen LogP) is 9.25. The Hall–Kier alpha value is -5.49. The van der Waals surface area contributed by atoms with Crippen molar-refractivity contribution in [2.24, 2.45) is 17.3 Å². The minimum absolute atomic E-state index is 0.124. The van der Waals surface area contributed by atoms with Crippen LogP contribution in [0.25, 0.3) is 44.5 Å². The number of carbonyl (C=O) groups excluding carboxylic acids is 4. The number of alkyl carbamates (subject to hydrolysis) is 1. The summed E-state index contributed by atoms with van der Waals surface area (Å²) in [5, 5.41) is 17.8. The summed E-state index contributed by atoms with van der Waals surface area (Å²) in [6.07, 6.45) is 8.12. The number of fused-ring (bicyclic) bond motifs is 2. The smallest absolute Gasteiger partial charge is 0.417 e. The van der Waals surface area contributed by atoms with Gasteiger partial charge in [0, 0.05) is 18.5 Å². The summed E-state index contributed by atoms with van der Waals surface area (Å²) in [6, 6.07) is 17.1. The molecule has 1 unspecified atom stereocenters. The number of methoxy groups -OCH3 is 1. The maximum absolute atomic E-state index is 13.8. The Kier molecular flexibility index (Phi) is 12.9. The van der Waals surface area contributed by atoms with Gasteiger partial charge in [-0.2, -0.15) is 0 Å². The van der Waals surface area contributed by atoms with Crippen molar-refractivity contribution < 1.29 is 32.1 Å². The van der Waals surface area contributed by atoms with Crippen LogP contribution in [0.15, 0.2) is 60.8 Å². The number of imidazole rings is 2. The number of hydrogen-bond acceptors (Lipinski definition) is 9. The Morgan fingerprint density at radius 1 is 0.773 bits per heavy atom. The highest BCUT2D eigenvalue weighted by Gasteiger charge is 2.49. The standard InChI is InChI=1S/C50H59IN8O7/c1-27(2)41(56-48(63)65-5)46(61)59-23-9-11-39(59)45-53-35-19-16-31(24-36(35)54-45)32-17-18-33(40-34(32)25-50(43(40)60)20-6-7-21-50)29-12-14-30(15-13-29)37-26-52-44(55-37)38-10-8-22-58(38)47(62)42(28(3)4)57-49(64)66-51/h12-19,24,26-28,38-39,41-43,60H,6-11,20-23,25H2,1-5H3,(H,52,55)(H,53,54)(H,56,63)(H,57,64)/t38-,39-,41-,42-,43?/m0/s1. The van der Waals surface area contributed by atoms with Gasteiger partial charge < -0.3 is 43.3 Å². The number of likely N-dealkylation sites (tertiary alicyclic amines) is 2. The number of aliphatic hydroxyl groups is 1. The number of hydrogen-bond donors (Lipinski definition) is 5. The van der Waals surface area contributed by atoms with Crippen LogP contribution < -0.4 is 10.6 Å². The summed E-state index contributed by atoms with van der Waals surface area (Å²) in [6.45, 7) is 8.78. The lowest BCUT2D eigenvalue weighted by atomic mass is 9.80. The third kappa shape index (κ3) is 8.43. The zero-order valence-electron chi connectivity index (χ0n) is 38.2. The molecule has 9 rings (SSSR count). The molecule has 5 N–H and O–H groups in total. The van der Waals surface area contributed by atoms with E-state index in [1.54, 1.807) is 0 Å². The lowest BCUT2D eigenvalue weighted by molar-refractivity contribution is -0.136. The minimum Gasteiger partial charge on any atom is -0.453 e. The van der Waals surface area contributed by atoms with Crippen LogP contribution in [0.3, 0.4) is 0 Å². The fraction of sp³-hybridized carbons (Fsp3) is 0.480. The zero-order chi connectivity index (χ0) is 46.4. The van der Waals surface area contributed by atoms with E-state index in [-0.39, 0.29) is 41.1 Å². The quantitative estimate of drug-likeness (QED) is 0.0802. The molecule has 2 aliphatic carbocycles. The molecule has 0 bridgehead atoms. The van der Waals surface area contributed by atoms with Crippen LogP contribution in [0.5, 0.6) is 0 Å². The molecule has 3 fully saturated rings. The van der Waals surface area contributed by atoms with Crippen molar-refractivity contribution in [3.8, 4) is 33.5 Å². The molecule has 4 aliphatic rings. The number of H-pyrrole nitrogens is 2. The van der Waals surface area contributed by atoms with Crippen LogP contribution >= 0.6 is 23.0 Å². The van der Waals surface area contributed by atoms with Crippen molar-refractivity contribution in [1.82, 2.24) is 40.4 Å². The van der Waals surface area contributed by atoms with E-state index in [1.807, 2.05) is 49.8 Å². The first-order chi connectivity index (χ1) is 31.8. The Morgan fingerprint density at radius 2 is 1.36 bits per heavy atom. The van der Waals surface area contributed by atoms with Gasteiger partial charge in [0.25, 0.3) is 0 Å². The summed E-state index contributed by atoms with van der Waals surface area (Å²) in [5.74, 6) is 0.890. The highest BCUT2D eigenvalue weighted by Crippen LogP contribution is 2.59. The molecule has 15 nitrogen and oxygen atoms in total. The minimum atomic E-state index is -0.712. The molecule has 0 radical (unpaired) electrons. The van der Waals surface area contributed by atoms with Crippen LogP contribution in [0.1, 0.15) is 120 Å². The molecule has 16 heteroatoms. The third-order valence-corrected chi connectivity index (χ3v) is 15.0. The molecular formula is C50H59IN8O7. The Bertz CT molecular complexity index is 2640. The first-order valence-electron chi connectivity index (χ1n) is 23.3. The number of halogens is 1. The van der Waals surface area contributed by atoms with Gasteiger partial charge in [-0.1, -0.05) is 83.0 Å². The summed E-state index contributed by atoms with van der Waals surface area (Å²) in [7, 11) is 1.30. The lowest BCUT2D eigenvalue weighted by Gasteiger charge is -2.29. The van der Waals surface area contributed by atoms with Gasteiger partial charge in [0.1, 0.15) is 23.7 Å². The van der Waals surface area contributed by atoms with Crippen molar-refractivity contribution in [1.29, 1.82) is 0 Å². The third-order valence-electron chi connectivity index (χ3n) is 14.6. The highest BCUT2D eigenvalue weighted by atomic mass is 127. The number of amides is 4. The number of carbonyl (C=O) groups is 4. The first kappa shape index (κ1) is 45.7. The molecule has 1 spiro atoms. The van der Waals surface area contributed by atoms with E-state index in [4.69, 9.17) is 17.8 Å². The van der Waals surface area contributed by atoms with Crippen molar-refractivity contribution in [3.63, 3.8) is 0 Å². The second-order valence-corrected chi connectivity index (χ2v) is 19.7. The molecule has 3 aromatic carbocycles. The van der Waals surface area contributed by atoms with Crippen molar-refractivity contribution >= 4 is 58.0 Å². The van der Waals surface area contributed by atoms with Gasteiger partial charge in [-0.15, -0.1) is 0 Å². The number of nitrogens with one attached hydrogen (secondary N) is 4. The summed E-state index contributed by atoms with van der Waals surface area (Å²) < 4.78 is 9.58. The zero-order valence-corrected chi connectivity index (χ0v) is 40.3. The van der Waals surface area contributed by atoms with Crippen LogP contribution in [0.4, 0.5) is 9.59 Å². The van der Waals surface area contributed by atoms with Crippen molar-refractivity contribution in [2.75, 3.05) is 20.2 Å². The average molecular weight is 1010 g/mol. The fourth-order valence-corrected chi connectivity index (χ4v) is 11.3. The molecule has 4 amide bonds.